The highest BCUT2D eigenvalue weighted by Gasteiger charge is 2.21. The molecule has 4 nitrogen and oxygen atoms in total. The first-order valence-electron chi connectivity index (χ1n) is 7.15. The number of thiocarbonyl (C=S) groups is 1. The van der Waals surface area contributed by atoms with Gasteiger partial charge in [0.05, 0.1) is 12.8 Å². The van der Waals surface area contributed by atoms with E-state index < -0.39 is 0 Å². The Morgan fingerprint density at radius 1 is 1.30 bits per heavy atom. The molecule has 3 N–H and O–H groups in total. The van der Waals surface area contributed by atoms with Gasteiger partial charge in [0.2, 0.25) is 0 Å². The van der Waals surface area contributed by atoms with Crippen molar-refractivity contribution in [3.8, 4) is 5.75 Å². The highest BCUT2D eigenvalue weighted by Crippen LogP contribution is 2.23. The van der Waals surface area contributed by atoms with Gasteiger partial charge in [0, 0.05) is 12.1 Å². The van der Waals surface area contributed by atoms with Gasteiger partial charge in [-0.3, -0.25) is 10.9 Å². The van der Waals surface area contributed by atoms with Gasteiger partial charge in [-0.15, -0.1) is 0 Å². The normalized spacial score (nSPS) is 21.9. The molecular weight excluding hydrogens is 270 g/mol. The molecule has 20 heavy (non-hydrogen) atoms. The van der Waals surface area contributed by atoms with Crippen LogP contribution in [0.15, 0.2) is 24.3 Å². The summed E-state index contributed by atoms with van der Waals surface area (Å²) in [4.78, 5) is 0. The van der Waals surface area contributed by atoms with Crippen molar-refractivity contribution in [3.05, 3.63) is 24.3 Å². The molecule has 1 fully saturated rings. The zero-order valence-corrected chi connectivity index (χ0v) is 12.9. The molecule has 0 aliphatic heterocycles. The Morgan fingerprint density at radius 3 is 2.85 bits per heavy atom. The summed E-state index contributed by atoms with van der Waals surface area (Å²) in [5.41, 5.74) is 7.04. The van der Waals surface area contributed by atoms with E-state index in [1.54, 1.807) is 7.11 Å². The third-order valence-corrected chi connectivity index (χ3v) is 4.04. The van der Waals surface area contributed by atoms with Gasteiger partial charge in [-0.05, 0) is 43.1 Å². The summed E-state index contributed by atoms with van der Waals surface area (Å²) in [5.74, 6) is 1.50. The summed E-state index contributed by atoms with van der Waals surface area (Å²) in [6, 6.07) is 8.20. The van der Waals surface area contributed by atoms with Gasteiger partial charge in [-0.1, -0.05) is 25.8 Å². The molecule has 1 saturated carbocycles. The molecule has 0 amide bonds. The van der Waals surface area contributed by atoms with Crippen LogP contribution in [0, 0.1) is 5.92 Å². The molecule has 0 bridgehead atoms. The van der Waals surface area contributed by atoms with E-state index in [9.17, 15) is 0 Å². The fourth-order valence-electron chi connectivity index (χ4n) is 2.56. The Kier molecular flexibility index (Phi) is 5.47. The molecule has 1 aromatic rings. The van der Waals surface area contributed by atoms with Crippen LogP contribution >= 0.6 is 12.2 Å². The summed E-state index contributed by atoms with van der Waals surface area (Å²) in [6.45, 7) is 2.29. The van der Waals surface area contributed by atoms with Crippen LogP contribution in [0.5, 0.6) is 5.75 Å². The van der Waals surface area contributed by atoms with E-state index in [2.05, 4.69) is 23.1 Å². The Balaban J connectivity index is 1.79. The summed E-state index contributed by atoms with van der Waals surface area (Å²) in [7, 11) is 1.66. The van der Waals surface area contributed by atoms with E-state index in [0.29, 0.717) is 17.1 Å². The van der Waals surface area contributed by atoms with Crippen molar-refractivity contribution >= 4 is 23.0 Å². The van der Waals surface area contributed by atoms with Gasteiger partial charge in [0.15, 0.2) is 5.11 Å². The molecule has 1 aliphatic rings. The first kappa shape index (κ1) is 14.9. The number of rotatable bonds is 4. The molecule has 5 heteroatoms. The molecule has 2 atom stereocenters. The number of benzene rings is 1. The third kappa shape index (κ3) is 4.27. The monoisotopic (exact) mass is 293 g/mol. The van der Waals surface area contributed by atoms with Gasteiger partial charge in [-0.2, -0.15) is 0 Å². The quantitative estimate of drug-likeness (QED) is 0.588. The Hall–Kier alpha value is -1.49. The maximum absolute atomic E-state index is 5.33. The zero-order valence-electron chi connectivity index (χ0n) is 12.1. The maximum atomic E-state index is 5.33. The second-order valence-corrected chi connectivity index (χ2v) is 5.73. The van der Waals surface area contributed by atoms with Gasteiger partial charge >= 0.3 is 0 Å². The lowest BCUT2D eigenvalue weighted by atomic mass is 9.86. The molecule has 2 rings (SSSR count). The minimum absolute atomic E-state index is 0.482. The number of methoxy groups -OCH3 is 1. The van der Waals surface area contributed by atoms with Crippen molar-refractivity contribution in [1.82, 2.24) is 10.7 Å². The van der Waals surface area contributed by atoms with E-state index in [1.807, 2.05) is 24.3 Å². The lowest BCUT2D eigenvalue weighted by Gasteiger charge is -2.30. The second kappa shape index (κ2) is 7.33. The minimum atomic E-state index is 0.482. The number of anilines is 1. The highest BCUT2D eigenvalue weighted by molar-refractivity contribution is 7.80. The van der Waals surface area contributed by atoms with E-state index in [0.717, 1.165) is 11.4 Å². The Morgan fingerprint density at radius 2 is 2.10 bits per heavy atom. The molecule has 110 valence electrons. The second-order valence-electron chi connectivity index (χ2n) is 5.32. The number of hydrazine groups is 1. The van der Waals surface area contributed by atoms with Gasteiger partial charge in [0.25, 0.3) is 0 Å². The first-order chi connectivity index (χ1) is 9.69. The van der Waals surface area contributed by atoms with E-state index in [-0.39, 0.29) is 0 Å². The molecule has 0 saturated heterocycles. The van der Waals surface area contributed by atoms with Crippen molar-refractivity contribution in [2.75, 3.05) is 12.5 Å². The third-order valence-electron chi connectivity index (χ3n) is 3.82. The van der Waals surface area contributed by atoms with Crippen molar-refractivity contribution < 1.29 is 4.74 Å². The number of hydrogen-bond donors (Lipinski definition) is 3. The smallest absolute Gasteiger partial charge is 0.185 e. The fourth-order valence-corrected chi connectivity index (χ4v) is 2.77. The van der Waals surface area contributed by atoms with Crippen molar-refractivity contribution in [3.63, 3.8) is 0 Å². The zero-order chi connectivity index (χ0) is 14.4. The number of nitrogens with one attached hydrogen (secondary N) is 3. The summed E-state index contributed by atoms with van der Waals surface area (Å²) >= 11 is 5.33. The highest BCUT2D eigenvalue weighted by atomic mass is 32.1. The van der Waals surface area contributed by atoms with Crippen LogP contribution < -0.4 is 20.9 Å². The maximum Gasteiger partial charge on any atom is 0.185 e. The average Bonchev–Trinajstić information content (AvgIpc) is 2.48. The van der Waals surface area contributed by atoms with Crippen molar-refractivity contribution in [1.29, 1.82) is 0 Å². The fraction of sp³-hybridized carbons (Fsp3) is 0.533. The molecule has 0 unspecified atom stereocenters. The number of hydrogen-bond acceptors (Lipinski definition) is 3. The van der Waals surface area contributed by atoms with Gasteiger partial charge in [-0.25, -0.2) is 0 Å². The molecule has 1 aliphatic carbocycles. The summed E-state index contributed by atoms with van der Waals surface area (Å²) < 4.78 is 5.18. The molecule has 0 radical (unpaired) electrons. The van der Waals surface area contributed by atoms with Gasteiger partial charge in [0.1, 0.15) is 5.75 Å². The van der Waals surface area contributed by atoms with E-state index >= 15 is 0 Å². The lowest BCUT2D eigenvalue weighted by molar-refractivity contribution is 0.308. The molecule has 1 aromatic carbocycles. The van der Waals surface area contributed by atoms with Crippen LogP contribution in [0.25, 0.3) is 0 Å². The molecule has 0 aromatic heterocycles. The molecule has 0 heterocycles. The molecular formula is C15H23N3OS. The largest absolute Gasteiger partial charge is 0.497 e. The number of ether oxygens (including phenoxy) is 1. The summed E-state index contributed by atoms with van der Waals surface area (Å²) in [5, 5.41) is 4.04. The van der Waals surface area contributed by atoms with Crippen LogP contribution in [0.2, 0.25) is 0 Å². The summed E-state index contributed by atoms with van der Waals surface area (Å²) in [6.07, 6.45) is 5.10. The minimum Gasteiger partial charge on any atom is -0.497 e. The predicted octanol–water partition coefficient (Wildman–Crippen LogP) is 3.06. The van der Waals surface area contributed by atoms with Crippen molar-refractivity contribution in [2.45, 2.75) is 38.6 Å². The van der Waals surface area contributed by atoms with Crippen LogP contribution in [-0.4, -0.2) is 18.3 Å². The predicted molar refractivity (Wildman–Crippen MR) is 86.9 cm³/mol. The van der Waals surface area contributed by atoms with Crippen LogP contribution in [0.4, 0.5) is 5.69 Å². The first-order valence-corrected chi connectivity index (χ1v) is 7.56. The SMILES string of the molecule is COc1cccc(NNC(=S)N[C@H]2CCCC[C@@H]2C)c1. The Bertz CT molecular complexity index is 452. The van der Waals surface area contributed by atoms with Crippen LogP contribution in [0.3, 0.4) is 0 Å². The molecule has 0 spiro atoms. The average molecular weight is 293 g/mol. The Labute approximate surface area is 126 Å². The lowest BCUT2D eigenvalue weighted by Crippen LogP contribution is -2.47. The van der Waals surface area contributed by atoms with Crippen molar-refractivity contribution in [2.24, 2.45) is 5.92 Å². The van der Waals surface area contributed by atoms with Crippen LogP contribution in [0.1, 0.15) is 32.6 Å². The van der Waals surface area contributed by atoms with E-state index in [4.69, 9.17) is 17.0 Å². The van der Waals surface area contributed by atoms with E-state index in [1.165, 1.54) is 25.7 Å². The standard InChI is InChI=1S/C15H23N3OS/c1-11-6-3-4-9-14(11)16-15(20)18-17-12-7-5-8-13(10-12)19-2/h5,7-8,10-11,14,17H,3-4,6,9H2,1-2H3,(H2,16,18,20)/t11-,14-/m0/s1. The van der Waals surface area contributed by atoms with Gasteiger partial charge < -0.3 is 10.1 Å². The van der Waals surface area contributed by atoms with Crippen LogP contribution in [-0.2, 0) is 0 Å². The topological polar surface area (TPSA) is 45.3 Å².